The predicted octanol–water partition coefficient (Wildman–Crippen LogP) is 2.40. The Balaban J connectivity index is 2.08. The van der Waals surface area contributed by atoms with Crippen molar-refractivity contribution < 1.29 is 4.79 Å². The molecule has 0 bridgehead atoms. The lowest BCUT2D eigenvalue weighted by Crippen LogP contribution is -2.32. The summed E-state index contributed by atoms with van der Waals surface area (Å²) in [5.41, 5.74) is -0.769. The molecule has 7 heteroatoms. The third kappa shape index (κ3) is 2.50. The second-order valence-electron chi connectivity index (χ2n) is 4.40. The van der Waals surface area contributed by atoms with Crippen LogP contribution in [0.1, 0.15) is 9.67 Å². The lowest BCUT2D eigenvalue weighted by Gasteiger charge is -2.06. The number of hydrogen-bond acceptors (Lipinski definition) is 4. The van der Waals surface area contributed by atoms with Gasteiger partial charge in [0, 0.05) is 4.47 Å². The van der Waals surface area contributed by atoms with Crippen molar-refractivity contribution in [3.8, 4) is 0 Å². The van der Waals surface area contributed by atoms with E-state index in [9.17, 15) is 14.4 Å². The van der Waals surface area contributed by atoms with Crippen LogP contribution in [-0.4, -0.2) is 15.6 Å². The average Bonchev–Trinajstić information content (AvgIpc) is 2.91. The molecular formula is C14H9BrN2O3S. The molecule has 0 spiro atoms. The number of hydrogen-bond donors (Lipinski definition) is 1. The number of thiophene rings is 1. The zero-order valence-corrected chi connectivity index (χ0v) is 13.0. The number of H-pyrrole nitrogens is 1. The number of halogens is 1. The van der Waals surface area contributed by atoms with Crippen LogP contribution in [0.2, 0.25) is 0 Å². The monoisotopic (exact) mass is 364 g/mol. The summed E-state index contributed by atoms with van der Waals surface area (Å²) in [7, 11) is 0. The smallest absolute Gasteiger partial charge is 0.273 e. The van der Waals surface area contributed by atoms with Crippen LogP contribution in [0, 0.1) is 0 Å². The molecule has 0 amide bonds. The number of carbonyl (C=O) groups is 1. The molecule has 1 aromatic carbocycles. The Bertz CT molecular complexity index is 954. The molecule has 106 valence electrons. The first-order valence-electron chi connectivity index (χ1n) is 6.06. The minimum absolute atomic E-state index is 0.196. The van der Waals surface area contributed by atoms with Crippen LogP contribution >= 0.6 is 27.3 Å². The van der Waals surface area contributed by atoms with Crippen molar-refractivity contribution in [2.24, 2.45) is 0 Å². The van der Waals surface area contributed by atoms with Gasteiger partial charge in [-0.25, -0.2) is 4.68 Å². The summed E-state index contributed by atoms with van der Waals surface area (Å²) in [6.07, 6.45) is 0. The molecule has 2 heterocycles. The molecule has 0 aliphatic heterocycles. The highest BCUT2D eigenvalue weighted by molar-refractivity contribution is 9.10. The standard InChI is InChI=1S/C14H9BrN2O3S/c15-10-5-6-21-12(10)11(18)7-17-14(20)9-4-2-1-3-8(9)13(19)16-17/h1-6H,7H2,(H,16,19). The Morgan fingerprint density at radius 1 is 1.19 bits per heavy atom. The predicted molar refractivity (Wildman–Crippen MR) is 85.2 cm³/mol. The fraction of sp³-hybridized carbons (Fsp3) is 0.0714. The number of rotatable bonds is 3. The Morgan fingerprint density at radius 2 is 1.90 bits per heavy atom. The molecule has 0 unspecified atom stereocenters. The Labute approximate surface area is 131 Å². The van der Waals surface area contributed by atoms with E-state index in [1.165, 1.54) is 11.3 Å². The van der Waals surface area contributed by atoms with E-state index in [4.69, 9.17) is 0 Å². The maximum Gasteiger partial charge on any atom is 0.273 e. The molecule has 0 radical (unpaired) electrons. The number of nitrogens with zero attached hydrogens (tertiary/aromatic N) is 1. The third-order valence-corrected chi connectivity index (χ3v) is 4.93. The van der Waals surface area contributed by atoms with Gasteiger partial charge in [0.2, 0.25) is 0 Å². The SMILES string of the molecule is O=C(Cn1[nH]c(=O)c2ccccc2c1=O)c1sccc1Br. The number of fused-ring (bicyclic) bond motifs is 1. The zero-order valence-electron chi connectivity index (χ0n) is 10.6. The molecular weight excluding hydrogens is 356 g/mol. The van der Waals surface area contributed by atoms with Crippen molar-refractivity contribution in [3.63, 3.8) is 0 Å². The second kappa shape index (κ2) is 5.42. The Morgan fingerprint density at radius 3 is 2.57 bits per heavy atom. The van der Waals surface area contributed by atoms with Crippen LogP contribution in [0.3, 0.4) is 0 Å². The van der Waals surface area contributed by atoms with E-state index in [1.807, 2.05) is 0 Å². The fourth-order valence-corrected chi connectivity index (χ4v) is 3.59. The molecule has 0 saturated carbocycles. The van der Waals surface area contributed by atoms with Crippen LogP contribution in [-0.2, 0) is 6.54 Å². The number of Topliss-reactive ketones (excluding diaryl/α,β-unsaturated/α-hetero) is 1. The van der Waals surface area contributed by atoms with E-state index in [1.54, 1.807) is 35.7 Å². The Kier molecular flexibility index (Phi) is 3.60. The number of aromatic amines is 1. The maximum absolute atomic E-state index is 12.3. The van der Waals surface area contributed by atoms with Crippen molar-refractivity contribution in [2.45, 2.75) is 6.54 Å². The van der Waals surface area contributed by atoms with Gasteiger partial charge in [-0.05, 0) is 39.5 Å². The molecule has 2 aromatic heterocycles. The summed E-state index contributed by atoms with van der Waals surface area (Å²) >= 11 is 4.57. The molecule has 5 nitrogen and oxygen atoms in total. The number of benzene rings is 1. The number of aromatic nitrogens is 2. The fourth-order valence-electron chi connectivity index (χ4n) is 2.07. The molecule has 1 N–H and O–H groups in total. The second-order valence-corrected chi connectivity index (χ2v) is 6.17. The number of carbonyl (C=O) groups excluding carboxylic acids is 1. The first-order valence-corrected chi connectivity index (χ1v) is 7.73. The molecule has 0 aliphatic carbocycles. The topological polar surface area (TPSA) is 71.9 Å². The minimum Gasteiger partial charge on any atom is -0.291 e. The highest BCUT2D eigenvalue weighted by Gasteiger charge is 2.15. The van der Waals surface area contributed by atoms with Crippen LogP contribution in [0.15, 0.2) is 49.8 Å². The van der Waals surface area contributed by atoms with Gasteiger partial charge in [-0.15, -0.1) is 11.3 Å². The van der Waals surface area contributed by atoms with Gasteiger partial charge in [-0.1, -0.05) is 12.1 Å². The van der Waals surface area contributed by atoms with E-state index in [0.717, 1.165) is 4.68 Å². The first-order chi connectivity index (χ1) is 10.1. The van der Waals surface area contributed by atoms with E-state index >= 15 is 0 Å². The lowest BCUT2D eigenvalue weighted by atomic mass is 10.2. The van der Waals surface area contributed by atoms with Gasteiger partial charge in [0.05, 0.1) is 15.6 Å². The van der Waals surface area contributed by atoms with Gasteiger partial charge in [0.15, 0.2) is 5.78 Å². The van der Waals surface area contributed by atoms with Crippen LogP contribution in [0.25, 0.3) is 10.8 Å². The zero-order chi connectivity index (χ0) is 15.0. The molecule has 21 heavy (non-hydrogen) atoms. The summed E-state index contributed by atoms with van der Waals surface area (Å²) in [5.74, 6) is -0.232. The van der Waals surface area contributed by atoms with E-state index in [-0.39, 0.29) is 23.4 Å². The van der Waals surface area contributed by atoms with Crippen LogP contribution in [0.4, 0.5) is 0 Å². The van der Waals surface area contributed by atoms with E-state index < -0.39 is 0 Å². The van der Waals surface area contributed by atoms with Crippen molar-refractivity contribution in [3.05, 3.63) is 65.8 Å². The van der Waals surface area contributed by atoms with Crippen molar-refractivity contribution in [1.29, 1.82) is 0 Å². The first kappa shape index (κ1) is 14.0. The highest BCUT2D eigenvalue weighted by Crippen LogP contribution is 2.23. The summed E-state index contributed by atoms with van der Waals surface area (Å²) in [4.78, 5) is 37.0. The Hall–Kier alpha value is -1.99. The van der Waals surface area contributed by atoms with Gasteiger partial charge >= 0.3 is 0 Å². The maximum atomic E-state index is 12.3. The summed E-state index contributed by atoms with van der Waals surface area (Å²) in [6, 6.07) is 8.30. The molecule has 0 saturated heterocycles. The normalized spacial score (nSPS) is 10.9. The molecule has 0 aliphatic rings. The summed E-state index contributed by atoms with van der Waals surface area (Å²) in [6.45, 7) is -0.196. The van der Waals surface area contributed by atoms with Crippen LogP contribution < -0.4 is 11.1 Å². The van der Waals surface area contributed by atoms with Crippen molar-refractivity contribution >= 4 is 43.8 Å². The average molecular weight is 365 g/mol. The van der Waals surface area contributed by atoms with Gasteiger partial charge < -0.3 is 0 Å². The van der Waals surface area contributed by atoms with Gasteiger partial charge in [-0.2, -0.15) is 0 Å². The summed E-state index contributed by atoms with van der Waals surface area (Å²) < 4.78 is 1.74. The lowest BCUT2D eigenvalue weighted by molar-refractivity contribution is 0.0969. The van der Waals surface area contributed by atoms with Gasteiger partial charge in [-0.3, -0.25) is 19.5 Å². The van der Waals surface area contributed by atoms with Gasteiger partial charge in [0.1, 0.15) is 6.54 Å². The summed E-state index contributed by atoms with van der Waals surface area (Å²) in [5, 5.41) is 4.86. The molecule has 0 atom stereocenters. The molecule has 3 aromatic rings. The highest BCUT2D eigenvalue weighted by atomic mass is 79.9. The number of ketones is 1. The molecule has 3 rings (SSSR count). The largest absolute Gasteiger partial charge is 0.291 e. The molecule has 0 fully saturated rings. The quantitative estimate of drug-likeness (QED) is 0.725. The number of nitrogens with one attached hydrogen (secondary N) is 1. The van der Waals surface area contributed by atoms with Crippen molar-refractivity contribution in [1.82, 2.24) is 9.78 Å². The minimum atomic E-state index is -0.386. The van der Waals surface area contributed by atoms with E-state index in [0.29, 0.717) is 20.1 Å². The van der Waals surface area contributed by atoms with Crippen molar-refractivity contribution in [2.75, 3.05) is 0 Å². The van der Waals surface area contributed by atoms with Crippen LogP contribution in [0.5, 0.6) is 0 Å². The van der Waals surface area contributed by atoms with Gasteiger partial charge in [0.25, 0.3) is 11.1 Å². The third-order valence-electron chi connectivity index (χ3n) is 3.06. The van der Waals surface area contributed by atoms with E-state index in [2.05, 4.69) is 21.0 Å².